The zero-order chi connectivity index (χ0) is 22.7. The Morgan fingerprint density at radius 3 is 2.34 bits per heavy atom. The molecule has 0 aliphatic heterocycles. The minimum Gasteiger partial charge on any atom is -0.340 e. The van der Waals surface area contributed by atoms with Gasteiger partial charge in [0.05, 0.1) is 10.6 Å². The van der Waals surface area contributed by atoms with E-state index in [1.165, 1.54) is 0 Å². The molecule has 164 valence electrons. The number of carbonyl (C=O) groups is 1. The SMILES string of the molecule is Cc1cccc(CS(=O)(=O)c2cn(CC(=O)N(C)Cc3ccccc3)c3ccccc23)c1. The van der Waals surface area contributed by atoms with Crippen molar-refractivity contribution >= 4 is 26.6 Å². The van der Waals surface area contributed by atoms with Gasteiger partial charge in [-0.2, -0.15) is 0 Å². The molecule has 4 rings (SSSR count). The average molecular weight is 447 g/mol. The summed E-state index contributed by atoms with van der Waals surface area (Å²) in [5, 5.41) is 0.638. The van der Waals surface area contributed by atoms with Gasteiger partial charge in [-0.05, 0) is 24.1 Å². The Kier molecular flexibility index (Phi) is 6.15. The molecule has 3 aromatic carbocycles. The van der Waals surface area contributed by atoms with Gasteiger partial charge in [-0.25, -0.2) is 8.42 Å². The molecule has 0 aliphatic rings. The van der Waals surface area contributed by atoms with Gasteiger partial charge in [0.1, 0.15) is 6.54 Å². The highest BCUT2D eigenvalue weighted by atomic mass is 32.2. The third-order valence-corrected chi connectivity index (χ3v) is 7.23. The van der Waals surface area contributed by atoms with E-state index < -0.39 is 9.84 Å². The van der Waals surface area contributed by atoms with Crippen LogP contribution in [-0.2, 0) is 33.5 Å². The van der Waals surface area contributed by atoms with Crippen LogP contribution < -0.4 is 0 Å². The molecular weight excluding hydrogens is 420 g/mol. The van der Waals surface area contributed by atoms with Crippen LogP contribution in [0.2, 0.25) is 0 Å². The number of nitrogens with zero attached hydrogens (tertiary/aromatic N) is 2. The number of para-hydroxylation sites is 1. The summed E-state index contributed by atoms with van der Waals surface area (Å²) in [6.45, 7) is 2.51. The van der Waals surface area contributed by atoms with Crippen molar-refractivity contribution in [2.24, 2.45) is 0 Å². The molecule has 0 aliphatic carbocycles. The van der Waals surface area contributed by atoms with Crippen LogP contribution in [0.25, 0.3) is 10.9 Å². The fraction of sp³-hybridized carbons (Fsp3) is 0.192. The van der Waals surface area contributed by atoms with Gasteiger partial charge in [-0.15, -0.1) is 0 Å². The third-order valence-electron chi connectivity index (χ3n) is 5.52. The number of hydrogen-bond acceptors (Lipinski definition) is 3. The van der Waals surface area contributed by atoms with Crippen molar-refractivity contribution in [2.45, 2.75) is 30.7 Å². The predicted octanol–water partition coefficient (Wildman–Crippen LogP) is 4.58. The van der Waals surface area contributed by atoms with Crippen molar-refractivity contribution < 1.29 is 13.2 Å². The molecular formula is C26H26N2O3S. The van der Waals surface area contributed by atoms with Gasteiger partial charge in [0.25, 0.3) is 0 Å². The highest BCUT2D eigenvalue weighted by molar-refractivity contribution is 7.90. The summed E-state index contributed by atoms with van der Waals surface area (Å²) in [7, 11) is -1.83. The van der Waals surface area contributed by atoms with Gasteiger partial charge < -0.3 is 9.47 Å². The Balaban J connectivity index is 1.62. The Bertz CT molecular complexity index is 1360. The van der Waals surface area contributed by atoms with Crippen LogP contribution in [-0.4, -0.2) is 30.8 Å². The lowest BCUT2D eigenvalue weighted by atomic mass is 10.2. The topological polar surface area (TPSA) is 59.4 Å². The molecule has 0 bridgehead atoms. The van der Waals surface area contributed by atoms with Gasteiger partial charge in [0.15, 0.2) is 9.84 Å². The number of hydrogen-bond donors (Lipinski definition) is 0. The summed E-state index contributed by atoms with van der Waals surface area (Å²) >= 11 is 0. The number of amides is 1. The van der Waals surface area contributed by atoms with Crippen LogP contribution >= 0.6 is 0 Å². The monoisotopic (exact) mass is 446 g/mol. The van der Waals surface area contributed by atoms with E-state index in [0.29, 0.717) is 11.9 Å². The summed E-state index contributed by atoms with van der Waals surface area (Å²) in [4.78, 5) is 14.8. The largest absolute Gasteiger partial charge is 0.340 e. The molecule has 32 heavy (non-hydrogen) atoms. The van der Waals surface area contributed by atoms with Crippen LogP contribution in [0.5, 0.6) is 0 Å². The fourth-order valence-electron chi connectivity index (χ4n) is 3.90. The molecule has 0 saturated carbocycles. The third kappa shape index (κ3) is 4.75. The number of benzene rings is 3. The molecule has 1 heterocycles. The Morgan fingerprint density at radius 1 is 0.906 bits per heavy atom. The number of aryl methyl sites for hydroxylation is 1. The maximum Gasteiger partial charge on any atom is 0.242 e. The lowest BCUT2D eigenvalue weighted by molar-refractivity contribution is -0.131. The van der Waals surface area contributed by atoms with Crippen LogP contribution in [0.4, 0.5) is 0 Å². The van der Waals surface area contributed by atoms with Crippen LogP contribution in [0, 0.1) is 6.92 Å². The van der Waals surface area contributed by atoms with E-state index in [1.54, 1.807) is 28.8 Å². The molecule has 5 nitrogen and oxygen atoms in total. The first-order chi connectivity index (χ1) is 15.3. The van der Waals surface area contributed by atoms with Crippen LogP contribution in [0.15, 0.2) is 90.0 Å². The average Bonchev–Trinajstić information content (AvgIpc) is 3.14. The van der Waals surface area contributed by atoms with Crippen molar-refractivity contribution in [2.75, 3.05) is 7.05 Å². The van der Waals surface area contributed by atoms with Gasteiger partial charge in [-0.3, -0.25) is 4.79 Å². The van der Waals surface area contributed by atoms with Gasteiger partial charge >= 0.3 is 0 Å². The van der Waals surface area contributed by atoms with E-state index >= 15 is 0 Å². The first kappa shape index (κ1) is 21.8. The van der Waals surface area contributed by atoms with E-state index in [1.807, 2.05) is 79.7 Å². The molecule has 0 unspecified atom stereocenters. The maximum atomic E-state index is 13.3. The number of likely N-dealkylation sites (N-methyl/N-ethyl adjacent to an activating group) is 1. The van der Waals surface area contributed by atoms with E-state index in [9.17, 15) is 13.2 Å². The van der Waals surface area contributed by atoms with Crippen molar-refractivity contribution in [3.63, 3.8) is 0 Å². The molecule has 0 fully saturated rings. The zero-order valence-electron chi connectivity index (χ0n) is 18.2. The minimum absolute atomic E-state index is 0.0732. The Hall–Kier alpha value is -3.38. The molecule has 0 radical (unpaired) electrons. The molecule has 0 atom stereocenters. The molecule has 0 N–H and O–H groups in total. The highest BCUT2D eigenvalue weighted by Gasteiger charge is 2.23. The van der Waals surface area contributed by atoms with Crippen LogP contribution in [0.3, 0.4) is 0 Å². The van der Waals surface area contributed by atoms with Crippen LogP contribution in [0.1, 0.15) is 16.7 Å². The number of carbonyl (C=O) groups excluding carboxylic acids is 1. The van der Waals surface area contributed by atoms with Crippen molar-refractivity contribution in [3.05, 3.63) is 102 Å². The van der Waals surface area contributed by atoms with E-state index in [-0.39, 0.29) is 23.1 Å². The molecule has 0 spiro atoms. The van der Waals surface area contributed by atoms with E-state index in [2.05, 4.69) is 0 Å². The normalized spacial score (nSPS) is 11.6. The number of fused-ring (bicyclic) bond motifs is 1. The lowest BCUT2D eigenvalue weighted by Gasteiger charge is -2.18. The predicted molar refractivity (Wildman–Crippen MR) is 127 cm³/mol. The summed E-state index contributed by atoms with van der Waals surface area (Å²) in [5.41, 5.74) is 3.55. The summed E-state index contributed by atoms with van der Waals surface area (Å²) in [6, 6.07) is 24.6. The van der Waals surface area contributed by atoms with Crippen molar-refractivity contribution in [1.82, 2.24) is 9.47 Å². The van der Waals surface area contributed by atoms with Gasteiger partial charge in [-0.1, -0.05) is 78.4 Å². The smallest absolute Gasteiger partial charge is 0.242 e. The number of rotatable bonds is 7. The van der Waals surface area contributed by atoms with Gasteiger partial charge in [0, 0.05) is 30.7 Å². The fourth-order valence-corrected chi connectivity index (χ4v) is 5.47. The van der Waals surface area contributed by atoms with Gasteiger partial charge in [0.2, 0.25) is 5.91 Å². The minimum atomic E-state index is -3.59. The second-order valence-corrected chi connectivity index (χ2v) is 10.1. The standard InChI is InChI=1S/C26H26N2O3S/c1-20-9-8-12-22(15-20)19-32(30,31)25-17-28(24-14-7-6-13-23(24)25)18-26(29)27(2)16-21-10-4-3-5-11-21/h3-15,17H,16,18-19H2,1-2H3. The number of aromatic nitrogens is 1. The zero-order valence-corrected chi connectivity index (χ0v) is 19.0. The highest BCUT2D eigenvalue weighted by Crippen LogP contribution is 2.28. The summed E-state index contributed by atoms with van der Waals surface area (Å²) in [6.07, 6.45) is 1.60. The summed E-state index contributed by atoms with van der Waals surface area (Å²) in [5.74, 6) is -0.165. The Morgan fingerprint density at radius 2 is 1.59 bits per heavy atom. The molecule has 6 heteroatoms. The van der Waals surface area contributed by atoms with E-state index in [0.717, 1.165) is 22.2 Å². The summed E-state index contributed by atoms with van der Waals surface area (Å²) < 4.78 is 28.3. The quantitative estimate of drug-likeness (QED) is 0.417. The number of sulfone groups is 1. The first-order valence-electron chi connectivity index (χ1n) is 10.5. The second-order valence-electron chi connectivity index (χ2n) is 8.12. The molecule has 4 aromatic rings. The maximum absolute atomic E-state index is 13.3. The van der Waals surface area contributed by atoms with Crippen molar-refractivity contribution in [1.29, 1.82) is 0 Å². The Labute approximate surface area is 188 Å². The van der Waals surface area contributed by atoms with E-state index in [4.69, 9.17) is 0 Å². The second kappa shape index (κ2) is 9.01. The first-order valence-corrected chi connectivity index (χ1v) is 12.1. The molecule has 1 amide bonds. The lowest BCUT2D eigenvalue weighted by Crippen LogP contribution is -2.29. The van der Waals surface area contributed by atoms with Crippen molar-refractivity contribution in [3.8, 4) is 0 Å². The molecule has 0 saturated heterocycles. The molecule has 1 aromatic heterocycles.